The van der Waals surface area contributed by atoms with Crippen LogP contribution in [-0.4, -0.2) is 13.2 Å². The highest BCUT2D eigenvalue weighted by Crippen LogP contribution is 2.41. The van der Waals surface area contributed by atoms with E-state index in [9.17, 15) is 0 Å². The van der Waals surface area contributed by atoms with Crippen molar-refractivity contribution in [2.75, 3.05) is 7.11 Å². The summed E-state index contributed by atoms with van der Waals surface area (Å²) >= 11 is 2.28. The van der Waals surface area contributed by atoms with Gasteiger partial charge in [0, 0.05) is 5.56 Å². The lowest BCUT2D eigenvalue weighted by atomic mass is 9.90. The largest absolute Gasteiger partial charge is 0.496 e. The molecule has 0 bridgehead atoms. The van der Waals surface area contributed by atoms with Crippen molar-refractivity contribution in [3.63, 3.8) is 0 Å². The lowest BCUT2D eigenvalue weighted by molar-refractivity contribution is 0.0652. The molecule has 0 saturated heterocycles. The standard InChI is InChI=1S/C28H31IO2/c1-3-4-7-16-25(19-20-29)31-21-24-17-18-26(30-2)28(23-14-10-6-11-15-23)27(24)22-12-8-5-9-13-22/h5-6,8-15,17-20,25H,3-4,7,16,21H2,1-2H3. The van der Waals surface area contributed by atoms with Gasteiger partial charge < -0.3 is 9.47 Å². The number of halogens is 1. The van der Waals surface area contributed by atoms with E-state index in [0.29, 0.717) is 6.61 Å². The zero-order chi connectivity index (χ0) is 21.9. The second-order valence-corrected chi connectivity index (χ2v) is 8.29. The molecule has 0 aliphatic heterocycles. The van der Waals surface area contributed by atoms with E-state index in [1.807, 2.05) is 6.07 Å². The van der Waals surface area contributed by atoms with Crippen LogP contribution in [-0.2, 0) is 11.3 Å². The van der Waals surface area contributed by atoms with Crippen molar-refractivity contribution in [1.82, 2.24) is 0 Å². The maximum absolute atomic E-state index is 6.41. The molecule has 0 aliphatic carbocycles. The summed E-state index contributed by atoms with van der Waals surface area (Å²) in [5, 5.41) is 0. The highest BCUT2D eigenvalue weighted by atomic mass is 127. The summed E-state index contributed by atoms with van der Waals surface area (Å²) in [7, 11) is 1.74. The summed E-state index contributed by atoms with van der Waals surface area (Å²) in [5.41, 5.74) is 5.78. The van der Waals surface area contributed by atoms with E-state index >= 15 is 0 Å². The lowest BCUT2D eigenvalue weighted by Gasteiger charge is -2.21. The average Bonchev–Trinajstić information content (AvgIpc) is 2.83. The Hall–Kier alpha value is -2.11. The summed E-state index contributed by atoms with van der Waals surface area (Å²) in [4.78, 5) is 0. The highest BCUT2D eigenvalue weighted by molar-refractivity contribution is 14.1. The van der Waals surface area contributed by atoms with E-state index in [1.54, 1.807) is 7.11 Å². The first-order valence-electron chi connectivity index (χ1n) is 11.0. The minimum atomic E-state index is 0.134. The van der Waals surface area contributed by atoms with Crippen molar-refractivity contribution >= 4 is 22.6 Å². The molecule has 3 rings (SSSR count). The van der Waals surface area contributed by atoms with Gasteiger partial charge in [-0.3, -0.25) is 0 Å². The molecule has 0 heterocycles. The van der Waals surface area contributed by atoms with Gasteiger partial charge in [-0.25, -0.2) is 0 Å². The third kappa shape index (κ3) is 6.44. The van der Waals surface area contributed by atoms with E-state index in [4.69, 9.17) is 9.47 Å². The van der Waals surface area contributed by atoms with Crippen molar-refractivity contribution in [1.29, 1.82) is 0 Å². The SMILES string of the molecule is CCCCCC(C=CI)OCc1ccc(OC)c(-c2ccccc2)c1-c1ccccc1. The predicted octanol–water partition coefficient (Wildman–Crippen LogP) is 8.44. The molecule has 0 radical (unpaired) electrons. The zero-order valence-electron chi connectivity index (χ0n) is 18.4. The summed E-state index contributed by atoms with van der Waals surface area (Å²) in [6, 6.07) is 25.2. The van der Waals surface area contributed by atoms with Crippen LogP contribution in [0.1, 0.15) is 38.2 Å². The van der Waals surface area contributed by atoms with Crippen LogP contribution in [0.25, 0.3) is 22.3 Å². The minimum absolute atomic E-state index is 0.134. The van der Waals surface area contributed by atoms with E-state index in [-0.39, 0.29) is 6.10 Å². The Morgan fingerprint density at radius 2 is 1.48 bits per heavy atom. The topological polar surface area (TPSA) is 18.5 Å². The van der Waals surface area contributed by atoms with Crippen molar-refractivity contribution in [2.45, 2.75) is 45.3 Å². The van der Waals surface area contributed by atoms with Crippen molar-refractivity contribution < 1.29 is 9.47 Å². The molecule has 3 aromatic carbocycles. The van der Waals surface area contributed by atoms with Gasteiger partial charge in [0.1, 0.15) is 5.75 Å². The maximum atomic E-state index is 6.41. The lowest BCUT2D eigenvalue weighted by Crippen LogP contribution is -2.10. The second-order valence-electron chi connectivity index (χ2n) is 7.57. The van der Waals surface area contributed by atoms with Crippen LogP contribution in [0.3, 0.4) is 0 Å². The Kier molecular flexibility index (Phi) is 9.63. The van der Waals surface area contributed by atoms with Gasteiger partial charge >= 0.3 is 0 Å². The molecule has 31 heavy (non-hydrogen) atoms. The molecule has 0 aliphatic rings. The minimum Gasteiger partial charge on any atom is -0.496 e. The van der Waals surface area contributed by atoms with Gasteiger partial charge in [0.05, 0.1) is 19.8 Å². The fourth-order valence-corrected chi connectivity index (χ4v) is 4.31. The molecule has 0 amide bonds. The summed E-state index contributed by atoms with van der Waals surface area (Å²) in [6.07, 6.45) is 7.00. The number of unbranched alkanes of at least 4 members (excludes halogenated alkanes) is 2. The van der Waals surface area contributed by atoms with Gasteiger partial charge in [-0.05, 0) is 44.9 Å². The molecule has 3 aromatic rings. The molecule has 162 valence electrons. The third-order valence-corrected chi connectivity index (χ3v) is 5.85. The van der Waals surface area contributed by atoms with Crippen LogP contribution >= 0.6 is 22.6 Å². The van der Waals surface area contributed by atoms with Crippen molar-refractivity contribution in [3.05, 3.63) is 88.5 Å². The van der Waals surface area contributed by atoms with E-state index in [0.717, 1.165) is 23.3 Å². The molecular weight excluding hydrogens is 495 g/mol. The molecule has 0 N–H and O–H groups in total. The quantitative estimate of drug-likeness (QED) is 0.184. The number of rotatable bonds is 11. The summed E-state index contributed by atoms with van der Waals surface area (Å²) in [6.45, 7) is 2.80. The first kappa shape index (κ1) is 23.6. The van der Waals surface area contributed by atoms with Gasteiger partial charge in [-0.2, -0.15) is 0 Å². The third-order valence-electron chi connectivity index (χ3n) is 5.43. The molecule has 0 saturated carbocycles. The fraction of sp³-hybridized carbons (Fsp3) is 0.286. The zero-order valence-corrected chi connectivity index (χ0v) is 20.5. The van der Waals surface area contributed by atoms with E-state index in [1.165, 1.54) is 36.0 Å². The average molecular weight is 526 g/mol. The van der Waals surface area contributed by atoms with Crippen LogP contribution in [0.15, 0.2) is 83.0 Å². The fourth-order valence-electron chi connectivity index (χ4n) is 3.85. The number of benzene rings is 3. The monoisotopic (exact) mass is 526 g/mol. The predicted molar refractivity (Wildman–Crippen MR) is 140 cm³/mol. The second kappa shape index (κ2) is 12.7. The number of hydrogen-bond donors (Lipinski definition) is 0. The number of ether oxygens (including phenoxy) is 2. The maximum Gasteiger partial charge on any atom is 0.127 e. The summed E-state index contributed by atoms with van der Waals surface area (Å²) < 4.78 is 14.3. The Morgan fingerprint density at radius 1 is 0.839 bits per heavy atom. The highest BCUT2D eigenvalue weighted by Gasteiger charge is 2.18. The Bertz CT molecular complexity index is 952. The number of hydrogen-bond acceptors (Lipinski definition) is 2. The van der Waals surface area contributed by atoms with Crippen LogP contribution in [0.2, 0.25) is 0 Å². The van der Waals surface area contributed by atoms with E-state index in [2.05, 4.69) is 106 Å². The Balaban J connectivity index is 2.02. The first-order chi connectivity index (χ1) is 15.3. The molecule has 0 fully saturated rings. The number of methoxy groups -OCH3 is 1. The van der Waals surface area contributed by atoms with Gasteiger partial charge in [-0.15, -0.1) is 0 Å². The van der Waals surface area contributed by atoms with Crippen molar-refractivity contribution in [3.8, 4) is 28.0 Å². The van der Waals surface area contributed by atoms with E-state index < -0.39 is 0 Å². The molecule has 2 nitrogen and oxygen atoms in total. The van der Waals surface area contributed by atoms with Gasteiger partial charge in [-0.1, -0.05) is 116 Å². The van der Waals surface area contributed by atoms with Gasteiger partial charge in [0.2, 0.25) is 0 Å². The molecule has 0 aromatic heterocycles. The van der Waals surface area contributed by atoms with Gasteiger partial charge in [0.25, 0.3) is 0 Å². The van der Waals surface area contributed by atoms with Gasteiger partial charge in [0.15, 0.2) is 0 Å². The Labute approximate surface area is 200 Å². The molecule has 1 unspecified atom stereocenters. The molecule has 3 heteroatoms. The van der Waals surface area contributed by atoms with Crippen LogP contribution in [0.4, 0.5) is 0 Å². The van der Waals surface area contributed by atoms with Crippen LogP contribution < -0.4 is 4.74 Å². The molecule has 0 spiro atoms. The normalized spacial score (nSPS) is 12.2. The molecular formula is C28H31IO2. The summed E-state index contributed by atoms with van der Waals surface area (Å²) in [5.74, 6) is 0.875. The van der Waals surface area contributed by atoms with Crippen LogP contribution in [0.5, 0.6) is 5.75 Å². The molecule has 1 atom stereocenters. The van der Waals surface area contributed by atoms with Crippen LogP contribution in [0, 0.1) is 0 Å². The van der Waals surface area contributed by atoms with Crippen molar-refractivity contribution in [2.24, 2.45) is 0 Å². The Morgan fingerprint density at radius 3 is 2.06 bits per heavy atom. The first-order valence-corrected chi connectivity index (χ1v) is 12.2. The smallest absolute Gasteiger partial charge is 0.127 e.